The van der Waals surface area contributed by atoms with Gasteiger partial charge in [-0.25, -0.2) is 0 Å². The van der Waals surface area contributed by atoms with Crippen LogP contribution in [0.3, 0.4) is 0 Å². The van der Waals surface area contributed by atoms with Crippen molar-refractivity contribution in [1.82, 2.24) is 9.88 Å². The zero-order valence-electron chi connectivity index (χ0n) is 13.5. The number of carbonyl (C=O) groups excluding carboxylic acids is 1. The lowest BCUT2D eigenvalue weighted by molar-refractivity contribution is -0.0193. The first-order chi connectivity index (χ1) is 12.2. The number of aliphatic hydroxyl groups excluding tert-OH is 1. The zero-order valence-corrected chi connectivity index (χ0v) is 14.4. The molecule has 1 aliphatic rings. The molecule has 5 nitrogen and oxygen atoms in total. The van der Waals surface area contributed by atoms with Crippen molar-refractivity contribution in [2.75, 3.05) is 13.1 Å². The van der Waals surface area contributed by atoms with Gasteiger partial charge >= 0.3 is 0 Å². The van der Waals surface area contributed by atoms with E-state index in [2.05, 4.69) is 4.98 Å². The van der Waals surface area contributed by atoms with E-state index in [1.54, 1.807) is 11.1 Å². The van der Waals surface area contributed by atoms with Crippen LogP contribution in [0.5, 0.6) is 5.75 Å². The van der Waals surface area contributed by atoms with Crippen LogP contribution in [0.15, 0.2) is 53.4 Å². The molecule has 1 saturated heterocycles. The number of aliphatic hydroxyl groups is 1. The fourth-order valence-electron chi connectivity index (χ4n) is 3.14. The summed E-state index contributed by atoms with van der Waals surface area (Å²) in [7, 11) is 0. The van der Waals surface area contributed by atoms with Crippen LogP contribution in [0, 0.1) is 0 Å². The fraction of sp³-hybridized carbons (Fsp3) is 0.263. The number of amides is 1. The summed E-state index contributed by atoms with van der Waals surface area (Å²) in [6, 6.07) is 11.4. The molecule has 0 saturated carbocycles. The molecule has 0 bridgehead atoms. The van der Waals surface area contributed by atoms with E-state index in [0.717, 1.165) is 10.9 Å². The van der Waals surface area contributed by atoms with Crippen LogP contribution in [0.4, 0.5) is 0 Å². The molecule has 2 atom stereocenters. The van der Waals surface area contributed by atoms with Crippen LogP contribution < -0.4 is 4.74 Å². The second-order valence-corrected chi connectivity index (χ2v) is 6.88. The number of pyridine rings is 1. The lowest BCUT2D eigenvalue weighted by Gasteiger charge is -2.36. The van der Waals surface area contributed by atoms with E-state index in [1.165, 1.54) is 11.3 Å². The number of fused-ring (bicyclic) bond motifs is 1. The van der Waals surface area contributed by atoms with E-state index >= 15 is 0 Å². The average molecular weight is 354 g/mol. The molecule has 1 aromatic carbocycles. The van der Waals surface area contributed by atoms with Crippen molar-refractivity contribution in [3.63, 3.8) is 0 Å². The number of hydrogen-bond acceptors (Lipinski definition) is 5. The molecule has 1 N–H and O–H groups in total. The second-order valence-electron chi connectivity index (χ2n) is 6.10. The lowest BCUT2D eigenvalue weighted by Crippen LogP contribution is -2.50. The predicted octanol–water partition coefficient (Wildman–Crippen LogP) is 2.95. The van der Waals surface area contributed by atoms with E-state index in [9.17, 15) is 9.90 Å². The summed E-state index contributed by atoms with van der Waals surface area (Å²) in [5.74, 6) is 0.681. The highest BCUT2D eigenvalue weighted by Gasteiger charge is 2.32. The molecule has 128 valence electrons. The molecule has 0 aliphatic carbocycles. The van der Waals surface area contributed by atoms with Crippen molar-refractivity contribution < 1.29 is 14.6 Å². The van der Waals surface area contributed by atoms with E-state index in [4.69, 9.17) is 4.74 Å². The Hall–Kier alpha value is -2.44. The number of likely N-dealkylation sites (tertiary alicyclic amines) is 1. The molecule has 0 spiro atoms. The number of piperidine rings is 1. The maximum absolute atomic E-state index is 12.4. The number of nitrogens with zero attached hydrogens (tertiary/aromatic N) is 2. The van der Waals surface area contributed by atoms with Gasteiger partial charge < -0.3 is 14.7 Å². The molecule has 0 radical (unpaired) electrons. The van der Waals surface area contributed by atoms with Crippen LogP contribution in [0.2, 0.25) is 0 Å². The van der Waals surface area contributed by atoms with Gasteiger partial charge in [0.25, 0.3) is 5.91 Å². The number of thiophene rings is 1. The molecule has 1 aliphatic heterocycles. The van der Waals surface area contributed by atoms with Crippen molar-refractivity contribution in [2.24, 2.45) is 0 Å². The van der Waals surface area contributed by atoms with Crippen molar-refractivity contribution in [1.29, 1.82) is 0 Å². The Morgan fingerprint density at radius 2 is 2.20 bits per heavy atom. The minimum atomic E-state index is -0.719. The molecular weight excluding hydrogens is 336 g/mol. The molecule has 3 aromatic rings. The van der Waals surface area contributed by atoms with Crippen LogP contribution in [-0.2, 0) is 0 Å². The number of β-amino-alcohol motifs (C(OH)–C–C–N with tert-alkyl or cyclic N) is 1. The van der Waals surface area contributed by atoms with E-state index in [0.29, 0.717) is 24.3 Å². The lowest BCUT2D eigenvalue weighted by atomic mass is 10.0. The Labute approximate surface area is 149 Å². The van der Waals surface area contributed by atoms with Gasteiger partial charge in [0, 0.05) is 29.9 Å². The molecule has 2 aromatic heterocycles. The van der Waals surface area contributed by atoms with E-state index in [-0.39, 0.29) is 18.6 Å². The predicted molar refractivity (Wildman–Crippen MR) is 97.0 cm³/mol. The SMILES string of the molecule is O=C(c1ccsc1)N1CC[C@@H](Oc2cccc3ncccc23)[C@H](O)C1. The number of hydrogen-bond donors (Lipinski definition) is 1. The number of ether oxygens (including phenoxy) is 1. The molecule has 25 heavy (non-hydrogen) atoms. The quantitative estimate of drug-likeness (QED) is 0.785. The summed E-state index contributed by atoms with van der Waals surface area (Å²) >= 11 is 1.50. The largest absolute Gasteiger partial charge is 0.487 e. The highest BCUT2D eigenvalue weighted by molar-refractivity contribution is 7.08. The van der Waals surface area contributed by atoms with Gasteiger partial charge in [0.05, 0.1) is 17.6 Å². The maximum atomic E-state index is 12.4. The highest BCUT2D eigenvalue weighted by atomic mass is 32.1. The van der Waals surface area contributed by atoms with Gasteiger partial charge in [0.15, 0.2) is 0 Å². The van der Waals surface area contributed by atoms with E-state index in [1.807, 2.05) is 47.2 Å². The van der Waals surface area contributed by atoms with Crippen molar-refractivity contribution >= 4 is 28.1 Å². The van der Waals surface area contributed by atoms with Gasteiger partial charge in [0.2, 0.25) is 0 Å². The van der Waals surface area contributed by atoms with Gasteiger partial charge in [-0.1, -0.05) is 6.07 Å². The summed E-state index contributed by atoms with van der Waals surface area (Å²) in [6.45, 7) is 0.849. The Morgan fingerprint density at radius 1 is 1.28 bits per heavy atom. The number of rotatable bonds is 3. The van der Waals surface area contributed by atoms with Gasteiger partial charge in [-0.05, 0) is 35.7 Å². The molecule has 1 fully saturated rings. The monoisotopic (exact) mass is 354 g/mol. The minimum Gasteiger partial charge on any atom is -0.487 e. The van der Waals surface area contributed by atoms with Crippen LogP contribution in [0.25, 0.3) is 10.9 Å². The fourth-order valence-corrected chi connectivity index (χ4v) is 3.77. The Morgan fingerprint density at radius 3 is 3.00 bits per heavy atom. The smallest absolute Gasteiger partial charge is 0.254 e. The third-order valence-electron chi connectivity index (χ3n) is 4.46. The van der Waals surface area contributed by atoms with Crippen LogP contribution in [0.1, 0.15) is 16.8 Å². The number of benzene rings is 1. The summed E-state index contributed by atoms with van der Waals surface area (Å²) < 4.78 is 6.07. The number of aromatic nitrogens is 1. The van der Waals surface area contributed by atoms with E-state index < -0.39 is 6.10 Å². The van der Waals surface area contributed by atoms with Crippen molar-refractivity contribution in [3.05, 3.63) is 58.9 Å². The Bertz CT molecular complexity index is 876. The van der Waals surface area contributed by atoms with Crippen molar-refractivity contribution in [3.8, 4) is 5.75 Å². The first-order valence-electron chi connectivity index (χ1n) is 8.22. The highest BCUT2D eigenvalue weighted by Crippen LogP contribution is 2.27. The normalized spacial score (nSPS) is 20.6. The number of carbonyl (C=O) groups is 1. The van der Waals surface area contributed by atoms with Gasteiger partial charge in [-0.15, -0.1) is 0 Å². The Kier molecular flexibility index (Phi) is 4.38. The van der Waals surface area contributed by atoms with Gasteiger partial charge in [0.1, 0.15) is 18.0 Å². The minimum absolute atomic E-state index is 0.0342. The summed E-state index contributed by atoms with van der Waals surface area (Å²) in [5.41, 5.74) is 1.54. The molecule has 1 amide bonds. The zero-order chi connectivity index (χ0) is 17.2. The standard InChI is InChI=1S/C19H18N2O3S/c22-16-11-21(19(23)13-7-10-25-12-13)9-6-18(16)24-17-5-1-4-15-14(17)3-2-8-20-15/h1-5,7-8,10,12,16,18,22H,6,9,11H2/t16-,18-/m1/s1. The van der Waals surface area contributed by atoms with Gasteiger partial charge in [-0.3, -0.25) is 9.78 Å². The van der Waals surface area contributed by atoms with Crippen LogP contribution >= 0.6 is 11.3 Å². The summed E-state index contributed by atoms with van der Waals surface area (Å²) in [4.78, 5) is 18.4. The first-order valence-corrected chi connectivity index (χ1v) is 9.16. The Balaban J connectivity index is 1.47. The summed E-state index contributed by atoms with van der Waals surface area (Å²) in [6.07, 6.45) is 1.28. The first kappa shape index (κ1) is 16.1. The third-order valence-corrected chi connectivity index (χ3v) is 5.14. The third kappa shape index (κ3) is 3.23. The maximum Gasteiger partial charge on any atom is 0.254 e. The topological polar surface area (TPSA) is 62.7 Å². The van der Waals surface area contributed by atoms with Crippen LogP contribution in [-0.4, -0.2) is 46.2 Å². The molecule has 4 rings (SSSR count). The summed E-state index contributed by atoms with van der Waals surface area (Å²) in [5, 5.41) is 15.1. The van der Waals surface area contributed by atoms with Crippen molar-refractivity contribution in [2.45, 2.75) is 18.6 Å². The molecule has 6 heteroatoms. The molecule has 0 unspecified atom stereocenters. The van der Waals surface area contributed by atoms with Gasteiger partial charge in [-0.2, -0.15) is 11.3 Å². The average Bonchev–Trinajstić information content (AvgIpc) is 3.18. The molecule has 3 heterocycles. The molecular formula is C19H18N2O3S. The second kappa shape index (κ2) is 6.82.